The van der Waals surface area contributed by atoms with E-state index in [2.05, 4.69) is 5.32 Å². The van der Waals surface area contributed by atoms with Gasteiger partial charge in [0.15, 0.2) is 5.78 Å². The summed E-state index contributed by atoms with van der Waals surface area (Å²) >= 11 is 0. The van der Waals surface area contributed by atoms with Crippen LogP contribution in [0.2, 0.25) is 0 Å². The molecule has 0 saturated heterocycles. The molecule has 0 fully saturated rings. The molecule has 1 aromatic carbocycles. The quantitative estimate of drug-likeness (QED) is 0.767. The Kier molecular flexibility index (Phi) is 5.23. The van der Waals surface area contributed by atoms with E-state index in [0.29, 0.717) is 24.0 Å². The van der Waals surface area contributed by atoms with Gasteiger partial charge in [0, 0.05) is 11.1 Å². The summed E-state index contributed by atoms with van der Waals surface area (Å²) in [5.74, 6) is -1.58. The summed E-state index contributed by atoms with van der Waals surface area (Å²) in [4.78, 5) is 33.9. The number of carbonyl (C=O) groups excluding carboxylic acids is 2. The number of hydrogen-bond donors (Lipinski definition) is 2. The van der Waals surface area contributed by atoms with Crippen LogP contribution in [0, 0.1) is 0 Å². The Bertz CT molecular complexity index is 479. The molecule has 1 amide bonds. The van der Waals surface area contributed by atoms with Crippen LogP contribution < -0.4 is 5.32 Å². The minimum absolute atomic E-state index is 0.0821. The number of aliphatic carboxylic acids is 1. The highest BCUT2D eigenvalue weighted by Crippen LogP contribution is 2.06. The maximum atomic E-state index is 11.9. The summed E-state index contributed by atoms with van der Waals surface area (Å²) in [7, 11) is 0. The van der Waals surface area contributed by atoms with E-state index in [1.165, 1.54) is 19.1 Å². The summed E-state index contributed by atoms with van der Waals surface area (Å²) < 4.78 is 0. The predicted molar refractivity (Wildman–Crippen MR) is 70.2 cm³/mol. The first-order valence-electron chi connectivity index (χ1n) is 6.10. The number of Topliss-reactive ketones (excluding diaryl/α,β-unsaturated/α-hetero) is 1. The van der Waals surface area contributed by atoms with Gasteiger partial charge in [-0.25, -0.2) is 4.79 Å². The van der Waals surface area contributed by atoms with Crippen LogP contribution in [0.15, 0.2) is 24.3 Å². The van der Waals surface area contributed by atoms with Gasteiger partial charge in [-0.2, -0.15) is 0 Å². The zero-order valence-corrected chi connectivity index (χ0v) is 11.0. The van der Waals surface area contributed by atoms with Crippen molar-refractivity contribution in [3.63, 3.8) is 0 Å². The van der Waals surface area contributed by atoms with Gasteiger partial charge in [-0.3, -0.25) is 9.59 Å². The number of amides is 1. The van der Waals surface area contributed by atoms with Crippen molar-refractivity contribution in [1.82, 2.24) is 5.32 Å². The Morgan fingerprint density at radius 3 is 2.11 bits per heavy atom. The van der Waals surface area contributed by atoms with Gasteiger partial charge in [-0.15, -0.1) is 0 Å². The van der Waals surface area contributed by atoms with Crippen molar-refractivity contribution >= 4 is 17.7 Å². The summed E-state index contributed by atoms with van der Waals surface area (Å²) in [6.45, 7) is 3.29. The molecule has 5 nitrogen and oxygen atoms in total. The van der Waals surface area contributed by atoms with E-state index in [1.54, 1.807) is 12.1 Å². The Morgan fingerprint density at radius 1 is 1.16 bits per heavy atom. The highest BCUT2D eigenvalue weighted by atomic mass is 16.4. The Balaban J connectivity index is 2.76. The van der Waals surface area contributed by atoms with Crippen molar-refractivity contribution in [1.29, 1.82) is 0 Å². The summed E-state index contributed by atoms with van der Waals surface area (Å²) in [5, 5.41) is 11.4. The standard InChI is InChI=1S/C14H17NO4/c1-3-4-12(14(18)19)15-13(17)11-7-5-10(6-8-11)9(2)16/h5-8,12H,3-4H2,1-2H3,(H,15,17)(H,18,19). The molecule has 1 unspecified atom stereocenters. The molecule has 1 atom stereocenters. The second-order valence-electron chi connectivity index (χ2n) is 4.29. The van der Waals surface area contributed by atoms with Crippen molar-refractivity contribution in [2.24, 2.45) is 0 Å². The zero-order valence-electron chi connectivity index (χ0n) is 11.0. The third-order valence-electron chi connectivity index (χ3n) is 2.73. The number of nitrogens with one attached hydrogen (secondary N) is 1. The van der Waals surface area contributed by atoms with Gasteiger partial charge in [0.2, 0.25) is 0 Å². The van der Waals surface area contributed by atoms with Crippen LogP contribution in [0.5, 0.6) is 0 Å². The van der Waals surface area contributed by atoms with Gasteiger partial charge in [0.05, 0.1) is 0 Å². The Labute approximate surface area is 111 Å². The van der Waals surface area contributed by atoms with E-state index in [4.69, 9.17) is 5.11 Å². The van der Waals surface area contributed by atoms with Crippen molar-refractivity contribution in [2.75, 3.05) is 0 Å². The van der Waals surface area contributed by atoms with Gasteiger partial charge < -0.3 is 10.4 Å². The normalized spacial score (nSPS) is 11.7. The number of rotatable bonds is 6. The number of carboxylic acid groups (broad SMARTS) is 1. The molecule has 102 valence electrons. The lowest BCUT2D eigenvalue weighted by molar-refractivity contribution is -0.139. The van der Waals surface area contributed by atoms with Crippen LogP contribution in [0.1, 0.15) is 47.4 Å². The lowest BCUT2D eigenvalue weighted by Crippen LogP contribution is -2.40. The third-order valence-corrected chi connectivity index (χ3v) is 2.73. The number of benzene rings is 1. The van der Waals surface area contributed by atoms with Crippen LogP contribution in [-0.4, -0.2) is 28.8 Å². The number of hydrogen-bond acceptors (Lipinski definition) is 3. The summed E-state index contributed by atoms with van der Waals surface area (Å²) in [5.41, 5.74) is 0.854. The monoisotopic (exact) mass is 263 g/mol. The van der Waals surface area contributed by atoms with E-state index in [-0.39, 0.29) is 5.78 Å². The first-order valence-corrected chi connectivity index (χ1v) is 6.10. The molecule has 1 aromatic rings. The molecule has 1 rings (SSSR count). The second-order valence-corrected chi connectivity index (χ2v) is 4.29. The molecule has 0 aliphatic rings. The molecule has 5 heteroatoms. The van der Waals surface area contributed by atoms with Gasteiger partial charge in [0.25, 0.3) is 5.91 Å². The third kappa shape index (κ3) is 4.21. The van der Waals surface area contributed by atoms with Crippen LogP contribution in [0.25, 0.3) is 0 Å². The summed E-state index contributed by atoms with van der Waals surface area (Å²) in [6, 6.07) is 5.23. The van der Waals surface area contributed by atoms with Crippen LogP contribution >= 0.6 is 0 Å². The van der Waals surface area contributed by atoms with E-state index >= 15 is 0 Å². The smallest absolute Gasteiger partial charge is 0.326 e. The second kappa shape index (κ2) is 6.68. The highest BCUT2D eigenvalue weighted by molar-refractivity contribution is 5.98. The van der Waals surface area contributed by atoms with Gasteiger partial charge >= 0.3 is 5.97 Å². The van der Waals surface area contributed by atoms with Crippen molar-refractivity contribution < 1.29 is 19.5 Å². The average Bonchev–Trinajstić information content (AvgIpc) is 2.38. The van der Waals surface area contributed by atoms with Crippen LogP contribution in [0.3, 0.4) is 0 Å². The highest BCUT2D eigenvalue weighted by Gasteiger charge is 2.19. The van der Waals surface area contributed by atoms with E-state index in [9.17, 15) is 14.4 Å². The lowest BCUT2D eigenvalue weighted by Gasteiger charge is -2.13. The van der Waals surface area contributed by atoms with E-state index < -0.39 is 17.9 Å². The number of carboxylic acids is 1. The molecule has 0 aromatic heterocycles. The number of ketones is 1. The van der Waals surface area contributed by atoms with Gasteiger partial charge in [-0.05, 0) is 25.5 Å². The van der Waals surface area contributed by atoms with E-state index in [0.717, 1.165) is 0 Å². The molecular formula is C14H17NO4. The predicted octanol–water partition coefficient (Wildman–Crippen LogP) is 1.87. The molecule has 0 spiro atoms. The van der Waals surface area contributed by atoms with Crippen molar-refractivity contribution in [3.05, 3.63) is 35.4 Å². The molecular weight excluding hydrogens is 246 g/mol. The molecule has 0 radical (unpaired) electrons. The molecule has 2 N–H and O–H groups in total. The zero-order chi connectivity index (χ0) is 14.4. The lowest BCUT2D eigenvalue weighted by atomic mass is 10.1. The molecule has 0 bridgehead atoms. The number of carbonyl (C=O) groups is 3. The largest absolute Gasteiger partial charge is 0.480 e. The fraction of sp³-hybridized carbons (Fsp3) is 0.357. The van der Waals surface area contributed by atoms with Crippen molar-refractivity contribution in [3.8, 4) is 0 Å². The topological polar surface area (TPSA) is 83.5 Å². The first-order chi connectivity index (χ1) is 8.95. The fourth-order valence-electron chi connectivity index (χ4n) is 1.64. The molecule has 0 saturated carbocycles. The van der Waals surface area contributed by atoms with Crippen LogP contribution in [0.4, 0.5) is 0 Å². The van der Waals surface area contributed by atoms with Crippen LogP contribution in [-0.2, 0) is 4.79 Å². The Morgan fingerprint density at radius 2 is 1.68 bits per heavy atom. The average molecular weight is 263 g/mol. The van der Waals surface area contributed by atoms with Crippen molar-refractivity contribution in [2.45, 2.75) is 32.7 Å². The minimum atomic E-state index is -1.05. The maximum Gasteiger partial charge on any atom is 0.326 e. The minimum Gasteiger partial charge on any atom is -0.480 e. The molecule has 0 aliphatic heterocycles. The molecule has 0 heterocycles. The maximum absolute atomic E-state index is 11.9. The summed E-state index contributed by atoms with van der Waals surface area (Å²) in [6.07, 6.45) is 1.05. The fourth-order valence-corrected chi connectivity index (χ4v) is 1.64. The van der Waals surface area contributed by atoms with E-state index in [1.807, 2.05) is 6.92 Å². The molecule has 19 heavy (non-hydrogen) atoms. The Hall–Kier alpha value is -2.17. The molecule has 0 aliphatic carbocycles. The first kappa shape index (κ1) is 14.9. The van der Waals surface area contributed by atoms with Gasteiger partial charge in [0.1, 0.15) is 6.04 Å². The van der Waals surface area contributed by atoms with Gasteiger partial charge in [-0.1, -0.05) is 25.5 Å². The SMILES string of the molecule is CCCC(NC(=O)c1ccc(C(C)=O)cc1)C(=O)O.